The number of ketones is 1. The molecule has 2 heterocycles. The van der Waals surface area contributed by atoms with E-state index >= 15 is 0 Å². The molecule has 0 amide bonds. The van der Waals surface area contributed by atoms with Gasteiger partial charge in [0, 0.05) is 16.7 Å². The molecule has 0 aliphatic heterocycles. The highest BCUT2D eigenvalue weighted by molar-refractivity contribution is 7.12. The number of carboxylic acids is 1. The average molecular weight is 313 g/mol. The van der Waals surface area contributed by atoms with Gasteiger partial charge in [-0.15, -0.1) is 11.3 Å². The minimum absolute atomic E-state index is 0.188. The van der Waals surface area contributed by atoms with Crippen molar-refractivity contribution in [3.63, 3.8) is 0 Å². The monoisotopic (exact) mass is 313 g/mol. The zero-order chi connectivity index (χ0) is 15.7. The van der Waals surface area contributed by atoms with Gasteiger partial charge in [0.05, 0.1) is 12.0 Å². The summed E-state index contributed by atoms with van der Waals surface area (Å²) in [5, 5.41) is 10.9. The molecule has 3 N–H and O–H groups in total. The lowest BCUT2D eigenvalue weighted by Gasteiger charge is -2.09. The maximum absolute atomic E-state index is 12.4. The highest BCUT2D eigenvalue weighted by Crippen LogP contribution is 2.34. The van der Waals surface area contributed by atoms with Gasteiger partial charge in [-0.05, 0) is 29.6 Å². The third-order valence-corrected chi connectivity index (χ3v) is 4.15. The van der Waals surface area contributed by atoms with Crippen LogP contribution in [-0.4, -0.2) is 16.9 Å². The van der Waals surface area contributed by atoms with E-state index in [0.29, 0.717) is 11.1 Å². The molecule has 0 spiro atoms. The number of nitrogens with two attached hydrogens (primary N) is 1. The van der Waals surface area contributed by atoms with E-state index in [9.17, 15) is 14.7 Å². The standard InChI is InChI=1S/C16H11NO4S/c17-13-9(10-6-8-22-15(10)16(19)20)3-1-4-11(13)14(18)12-5-2-7-21-12/h1-8H,17H2,(H,19,20). The minimum Gasteiger partial charge on any atom is -0.477 e. The fourth-order valence-corrected chi connectivity index (χ4v) is 2.97. The smallest absolute Gasteiger partial charge is 0.346 e. The van der Waals surface area contributed by atoms with Crippen LogP contribution in [0.5, 0.6) is 0 Å². The number of carbonyl (C=O) groups is 2. The van der Waals surface area contributed by atoms with Gasteiger partial charge in [-0.25, -0.2) is 4.79 Å². The van der Waals surface area contributed by atoms with Crippen LogP contribution in [0.3, 0.4) is 0 Å². The van der Waals surface area contributed by atoms with E-state index in [0.717, 1.165) is 11.3 Å². The van der Waals surface area contributed by atoms with Gasteiger partial charge in [0.25, 0.3) is 0 Å². The third kappa shape index (κ3) is 2.29. The largest absolute Gasteiger partial charge is 0.477 e. The first kappa shape index (κ1) is 14.1. The number of carbonyl (C=O) groups excluding carboxylic acids is 1. The van der Waals surface area contributed by atoms with Crippen LogP contribution in [0.4, 0.5) is 5.69 Å². The van der Waals surface area contributed by atoms with Gasteiger partial charge in [-0.3, -0.25) is 4.79 Å². The number of rotatable bonds is 4. The predicted octanol–water partition coefficient (Wildman–Crippen LogP) is 3.52. The third-order valence-electron chi connectivity index (χ3n) is 3.25. The van der Waals surface area contributed by atoms with Gasteiger partial charge in [0.15, 0.2) is 5.76 Å². The lowest BCUT2D eigenvalue weighted by molar-refractivity contribution is 0.0702. The van der Waals surface area contributed by atoms with E-state index in [1.165, 1.54) is 6.26 Å². The molecule has 0 atom stereocenters. The Morgan fingerprint density at radius 2 is 1.91 bits per heavy atom. The molecule has 0 bridgehead atoms. The molecule has 0 fully saturated rings. The van der Waals surface area contributed by atoms with E-state index in [2.05, 4.69) is 0 Å². The van der Waals surface area contributed by atoms with Crippen LogP contribution in [0.2, 0.25) is 0 Å². The molecule has 1 aromatic carbocycles. The van der Waals surface area contributed by atoms with Crippen molar-refractivity contribution in [2.45, 2.75) is 0 Å². The van der Waals surface area contributed by atoms with Crippen LogP contribution in [0.15, 0.2) is 52.5 Å². The Morgan fingerprint density at radius 3 is 2.59 bits per heavy atom. The molecule has 22 heavy (non-hydrogen) atoms. The maximum atomic E-state index is 12.4. The molecule has 0 saturated heterocycles. The van der Waals surface area contributed by atoms with E-state index in [1.54, 1.807) is 41.8 Å². The lowest BCUT2D eigenvalue weighted by Crippen LogP contribution is -2.06. The number of nitrogen functional groups attached to an aromatic ring is 1. The molecule has 5 nitrogen and oxygen atoms in total. The Bertz CT molecular complexity index is 849. The summed E-state index contributed by atoms with van der Waals surface area (Å²) in [6, 6.07) is 9.82. The second-order valence-corrected chi connectivity index (χ2v) is 5.46. The Hall–Kier alpha value is -2.86. The van der Waals surface area contributed by atoms with E-state index in [4.69, 9.17) is 10.2 Å². The van der Waals surface area contributed by atoms with E-state index < -0.39 is 5.97 Å². The number of furan rings is 1. The molecule has 0 aliphatic rings. The highest BCUT2D eigenvalue weighted by atomic mass is 32.1. The molecular formula is C16H11NO4S. The number of aromatic carboxylic acids is 1. The number of para-hydroxylation sites is 1. The summed E-state index contributed by atoms with van der Waals surface area (Å²) in [4.78, 5) is 23.8. The summed E-state index contributed by atoms with van der Waals surface area (Å²) in [6.07, 6.45) is 1.41. The highest BCUT2D eigenvalue weighted by Gasteiger charge is 2.20. The number of benzene rings is 1. The van der Waals surface area contributed by atoms with Gasteiger partial charge in [0.1, 0.15) is 4.88 Å². The van der Waals surface area contributed by atoms with E-state index in [1.807, 2.05) is 0 Å². The molecule has 110 valence electrons. The van der Waals surface area contributed by atoms with E-state index in [-0.39, 0.29) is 27.7 Å². The summed E-state index contributed by atoms with van der Waals surface area (Å²) in [7, 11) is 0. The minimum atomic E-state index is -1.02. The number of thiophene rings is 1. The zero-order valence-electron chi connectivity index (χ0n) is 11.3. The normalized spacial score (nSPS) is 10.5. The molecular weight excluding hydrogens is 302 g/mol. The fraction of sp³-hybridized carbons (Fsp3) is 0. The van der Waals surface area contributed by atoms with Gasteiger partial charge >= 0.3 is 5.97 Å². The van der Waals surface area contributed by atoms with Crippen molar-refractivity contribution in [3.05, 3.63) is 64.2 Å². The molecule has 0 unspecified atom stereocenters. The van der Waals surface area contributed by atoms with Crippen molar-refractivity contribution in [1.29, 1.82) is 0 Å². The lowest BCUT2D eigenvalue weighted by atomic mass is 9.98. The van der Waals surface area contributed by atoms with Crippen LogP contribution in [0.25, 0.3) is 11.1 Å². The average Bonchev–Trinajstić information content (AvgIpc) is 3.18. The number of hydrogen-bond donors (Lipinski definition) is 2. The second kappa shape index (κ2) is 5.50. The van der Waals surface area contributed by atoms with Crippen molar-refractivity contribution in [2.75, 3.05) is 5.73 Å². The number of carboxylic acid groups (broad SMARTS) is 1. The molecule has 0 radical (unpaired) electrons. The fourth-order valence-electron chi connectivity index (χ4n) is 2.23. The topological polar surface area (TPSA) is 93.5 Å². The summed E-state index contributed by atoms with van der Waals surface area (Å²) < 4.78 is 5.10. The van der Waals surface area contributed by atoms with Crippen molar-refractivity contribution in [3.8, 4) is 11.1 Å². The predicted molar refractivity (Wildman–Crippen MR) is 83.3 cm³/mol. The first-order valence-electron chi connectivity index (χ1n) is 6.37. The Balaban J connectivity index is 2.12. The summed E-state index contributed by atoms with van der Waals surface area (Å²) in [5.41, 5.74) is 7.66. The zero-order valence-corrected chi connectivity index (χ0v) is 12.1. The SMILES string of the molecule is Nc1c(C(=O)c2ccco2)cccc1-c1ccsc1C(=O)O. The summed E-state index contributed by atoms with van der Waals surface area (Å²) in [5.74, 6) is -1.17. The first-order valence-corrected chi connectivity index (χ1v) is 7.25. The maximum Gasteiger partial charge on any atom is 0.346 e. The van der Waals surface area contributed by atoms with Crippen molar-refractivity contribution < 1.29 is 19.1 Å². The molecule has 2 aromatic heterocycles. The van der Waals surface area contributed by atoms with Crippen molar-refractivity contribution in [1.82, 2.24) is 0 Å². The number of anilines is 1. The van der Waals surface area contributed by atoms with Gasteiger partial charge in [-0.2, -0.15) is 0 Å². The van der Waals surface area contributed by atoms with Crippen molar-refractivity contribution in [2.24, 2.45) is 0 Å². The van der Waals surface area contributed by atoms with Crippen molar-refractivity contribution >= 4 is 28.8 Å². The Morgan fingerprint density at radius 1 is 1.09 bits per heavy atom. The molecule has 6 heteroatoms. The molecule has 3 aromatic rings. The van der Waals surface area contributed by atoms with Crippen LogP contribution in [-0.2, 0) is 0 Å². The van der Waals surface area contributed by atoms with Crippen LogP contribution < -0.4 is 5.73 Å². The summed E-state index contributed by atoms with van der Waals surface area (Å²) in [6.45, 7) is 0. The summed E-state index contributed by atoms with van der Waals surface area (Å²) >= 11 is 1.11. The van der Waals surface area contributed by atoms with Crippen LogP contribution in [0, 0.1) is 0 Å². The van der Waals surface area contributed by atoms with Gasteiger partial charge < -0.3 is 15.3 Å². The first-order chi connectivity index (χ1) is 10.6. The number of hydrogen-bond acceptors (Lipinski definition) is 5. The van der Waals surface area contributed by atoms with Crippen LogP contribution in [0.1, 0.15) is 25.8 Å². The second-order valence-electron chi connectivity index (χ2n) is 4.54. The van der Waals surface area contributed by atoms with Gasteiger partial charge in [0.2, 0.25) is 5.78 Å². The van der Waals surface area contributed by atoms with Gasteiger partial charge in [-0.1, -0.05) is 12.1 Å². The molecule has 3 rings (SSSR count). The quantitative estimate of drug-likeness (QED) is 0.568. The Kier molecular flexibility index (Phi) is 3.52. The molecule has 0 aliphatic carbocycles. The molecule has 0 saturated carbocycles. The van der Waals surface area contributed by atoms with Crippen LogP contribution >= 0.6 is 11.3 Å². The Labute approximate surface area is 129 Å².